The predicted molar refractivity (Wildman–Crippen MR) is 134 cm³/mol. The van der Waals surface area contributed by atoms with Gasteiger partial charge in [-0.25, -0.2) is 19.9 Å². The quantitative estimate of drug-likeness (QED) is 0.393. The predicted octanol–water partition coefficient (Wildman–Crippen LogP) is 2.74. The van der Waals surface area contributed by atoms with E-state index >= 15 is 0 Å². The van der Waals surface area contributed by atoms with Crippen molar-refractivity contribution in [1.82, 2.24) is 29.7 Å². The fraction of sp³-hybridized carbons (Fsp3) is 0.320. The zero-order valence-electron chi connectivity index (χ0n) is 19.8. The lowest BCUT2D eigenvalue weighted by atomic mass is 9.83. The summed E-state index contributed by atoms with van der Waals surface area (Å²) in [6, 6.07) is 11.5. The number of hydrogen-bond acceptors (Lipinski definition) is 10. The zero-order chi connectivity index (χ0) is 24.7. The fourth-order valence-corrected chi connectivity index (χ4v) is 5.63. The number of nitrogens with two attached hydrogens (primary N) is 1. The molecule has 5 heterocycles. The number of aliphatic hydroxyl groups excluding tert-OH is 1. The number of nitrogens with zero attached hydrogens (tertiary/aromatic N) is 7. The number of para-hydroxylation sites is 1. The van der Waals surface area contributed by atoms with Crippen LogP contribution in [-0.4, -0.2) is 53.5 Å². The first-order valence-electron chi connectivity index (χ1n) is 11.8. The summed E-state index contributed by atoms with van der Waals surface area (Å²) in [7, 11) is 1.85. The van der Waals surface area contributed by atoms with Crippen LogP contribution in [0.3, 0.4) is 0 Å². The molecule has 11 heteroatoms. The van der Waals surface area contributed by atoms with Crippen LogP contribution in [0, 0.1) is 0 Å². The van der Waals surface area contributed by atoms with E-state index in [2.05, 4.69) is 29.9 Å². The normalized spacial score (nSPS) is 18.3. The standard InChI is InChI=1S/C25H26N8O2S/c1-32-11-7-17(31-32)23-27-10-6-20(30-23)36-21-14-28-24(18(15-34)29-21)33-12-8-25(9-13-33)22(26)16-4-2-3-5-19(16)35-25/h2-7,10-11,14,22,34H,8-9,12-13,15,26H2,1H3/t22-/m1/s1. The van der Waals surface area contributed by atoms with Crippen LogP contribution >= 0.6 is 11.8 Å². The molecule has 0 amide bonds. The molecule has 10 nitrogen and oxygen atoms in total. The van der Waals surface area contributed by atoms with Gasteiger partial charge >= 0.3 is 0 Å². The zero-order valence-corrected chi connectivity index (χ0v) is 20.6. The van der Waals surface area contributed by atoms with Crippen LogP contribution in [0.15, 0.2) is 65.0 Å². The fourth-order valence-electron chi connectivity index (χ4n) is 4.89. The summed E-state index contributed by atoms with van der Waals surface area (Å²) in [5, 5.41) is 15.8. The lowest BCUT2D eigenvalue weighted by molar-refractivity contribution is 0.0430. The number of rotatable bonds is 5. The van der Waals surface area contributed by atoms with Gasteiger partial charge in [0.05, 0.1) is 18.8 Å². The van der Waals surface area contributed by atoms with Crippen molar-refractivity contribution in [3.05, 3.63) is 66.2 Å². The maximum absolute atomic E-state index is 10.1. The van der Waals surface area contributed by atoms with E-state index in [9.17, 15) is 5.11 Å². The molecule has 36 heavy (non-hydrogen) atoms. The first kappa shape index (κ1) is 22.9. The molecular formula is C25H26N8O2S. The monoisotopic (exact) mass is 502 g/mol. The van der Waals surface area contributed by atoms with Gasteiger partial charge in [-0.1, -0.05) is 18.2 Å². The molecule has 1 atom stereocenters. The van der Waals surface area contributed by atoms with Crippen molar-refractivity contribution in [2.24, 2.45) is 12.8 Å². The molecule has 0 saturated carbocycles. The summed E-state index contributed by atoms with van der Waals surface area (Å²) in [5.41, 5.74) is 8.52. The van der Waals surface area contributed by atoms with Gasteiger partial charge in [-0.3, -0.25) is 4.68 Å². The Labute approximate surface area is 212 Å². The van der Waals surface area contributed by atoms with Crippen LogP contribution in [0.4, 0.5) is 5.82 Å². The Hall–Kier alpha value is -3.54. The van der Waals surface area contributed by atoms with Gasteiger partial charge < -0.3 is 20.5 Å². The number of anilines is 1. The minimum absolute atomic E-state index is 0.151. The van der Waals surface area contributed by atoms with Crippen LogP contribution in [0.1, 0.15) is 30.1 Å². The van der Waals surface area contributed by atoms with Crippen molar-refractivity contribution in [2.75, 3.05) is 18.0 Å². The van der Waals surface area contributed by atoms with Crippen molar-refractivity contribution < 1.29 is 9.84 Å². The second kappa shape index (κ2) is 9.16. The van der Waals surface area contributed by atoms with E-state index in [4.69, 9.17) is 10.5 Å². The van der Waals surface area contributed by atoms with E-state index in [1.54, 1.807) is 17.1 Å². The van der Waals surface area contributed by atoms with Gasteiger partial charge in [-0.05, 0) is 30.0 Å². The summed E-state index contributed by atoms with van der Waals surface area (Å²) >= 11 is 1.37. The molecule has 0 aliphatic carbocycles. The van der Waals surface area contributed by atoms with Crippen LogP contribution in [0.25, 0.3) is 11.5 Å². The highest BCUT2D eigenvalue weighted by atomic mass is 32.2. The van der Waals surface area contributed by atoms with E-state index in [0.717, 1.165) is 42.3 Å². The van der Waals surface area contributed by atoms with Gasteiger partial charge in [0.25, 0.3) is 0 Å². The Morgan fingerprint density at radius 1 is 1.11 bits per heavy atom. The van der Waals surface area contributed by atoms with Crippen molar-refractivity contribution >= 4 is 17.6 Å². The number of aliphatic hydroxyl groups is 1. The molecule has 6 rings (SSSR count). The average molecular weight is 503 g/mol. The third kappa shape index (κ3) is 4.08. The molecule has 4 aromatic rings. The van der Waals surface area contributed by atoms with E-state index in [1.807, 2.05) is 49.6 Å². The summed E-state index contributed by atoms with van der Waals surface area (Å²) in [5.74, 6) is 2.12. The molecule has 0 unspecified atom stereocenters. The highest BCUT2D eigenvalue weighted by molar-refractivity contribution is 7.99. The van der Waals surface area contributed by atoms with Gasteiger partial charge in [0.15, 0.2) is 11.6 Å². The lowest BCUT2D eigenvalue weighted by Gasteiger charge is -2.41. The third-order valence-corrected chi connectivity index (χ3v) is 7.62. The molecule has 0 bridgehead atoms. The van der Waals surface area contributed by atoms with Gasteiger partial charge in [-0.15, -0.1) is 0 Å². The smallest absolute Gasteiger partial charge is 0.181 e. The van der Waals surface area contributed by atoms with Crippen molar-refractivity contribution in [2.45, 2.75) is 41.1 Å². The van der Waals surface area contributed by atoms with Crippen molar-refractivity contribution in [3.8, 4) is 17.3 Å². The van der Waals surface area contributed by atoms with E-state index in [0.29, 0.717) is 28.1 Å². The summed E-state index contributed by atoms with van der Waals surface area (Å²) in [6.45, 7) is 1.23. The molecule has 3 aromatic heterocycles. The second-order valence-electron chi connectivity index (χ2n) is 9.00. The molecule has 2 aliphatic heterocycles. The second-order valence-corrected chi connectivity index (χ2v) is 10.0. The van der Waals surface area contributed by atoms with Gasteiger partial charge in [0, 0.05) is 50.9 Å². The topological polar surface area (TPSA) is 128 Å². The number of ether oxygens (including phenoxy) is 1. The van der Waals surface area contributed by atoms with E-state index < -0.39 is 5.60 Å². The minimum atomic E-state index is -0.402. The number of hydrogen-bond donors (Lipinski definition) is 2. The minimum Gasteiger partial charge on any atom is -0.485 e. The van der Waals surface area contributed by atoms with Crippen LogP contribution in [-0.2, 0) is 13.7 Å². The Bertz CT molecular complexity index is 1400. The average Bonchev–Trinajstić information content (AvgIpc) is 3.46. The van der Waals surface area contributed by atoms with Crippen molar-refractivity contribution in [1.29, 1.82) is 0 Å². The molecule has 0 radical (unpaired) electrons. The first-order chi connectivity index (χ1) is 17.5. The Morgan fingerprint density at radius 2 is 1.94 bits per heavy atom. The molecule has 1 spiro atoms. The van der Waals surface area contributed by atoms with Gasteiger partial charge in [0.2, 0.25) is 0 Å². The lowest BCUT2D eigenvalue weighted by Crippen LogP contribution is -2.51. The van der Waals surface area contributed by atoms with E-state index in [1.165, 1.54) is 11.8 Å². The largest absolute Gasteiger partial charge is 0.485 e. The Balaban J connectivity index is 1.17. The van der Waals surface area contributed by atoms with Crippen LogP contribution < -0.4 is 15.4 Å². The molecule has 2 aliphatic rings. The van der Waals surface area contributed by atoms with Crippen LogP contribution in [0.2, 0.25) is 0 Å². The Kier molecular flexibility index (Phi) is 5.82. The molecule has 1 fully saturated rings. The van der Waals surface area contributed by atoms with Gasteiger partial charge in [-0.2, -0.15) is 5.10 Å². The maximum atomic E-state index is 10.1. The number of benzene rings is 1. The number of piperidine rings is 1. The number of fused-ring (bicyclic) bond motifs is 1. The SMILES string of the molecule is Cn1ccc(-c2nccc(Sc3cnc(N4CCC5(CC4)Oc4ccccc4[C@H]5N)c(CO)n3)n2)n1. The Morgan fingerprint density at radius 3 is 2.69 bits per heavy atom. The molecule has 3 N–H and O–H groups in total. The summed E-state index contributed by atoms with van der Waals surface area (Å²) in [4.78, 5) is 20.4. The highest BCUT2D eigenvalue weighted by Gasteiger charge is 2.48. The van der Waals surface area contributed by atoms with Crippen LogP contribution in [0.5, 0.6) is 5.75 Å². The van der Waals surface area contributed by atoms with Crippen molar-refractivity contribution in [3.63, 3.8) is 0 Å². The number of aryl methyl sites for hydroxylation is 1. The summed E-state index contributed by atoms with van der Waals surface area (Å²) in [6.07, 6.45) is 6.81. The van der Waals surface area contributed by atoms with E-state index in [-0.39, 0.29) is 12.6 Å². The third-order valence-electron chi connectivity index (χ3n) is 6.78. The number of aromatic nitrogens is 6. The maximum Gasteiger partial charge on any atom is 0.181 e. The molecule has 184 valence electrons. The first-order valence-corrected chi connectivity index (χ1v) is 12.6. The van der Waals surface area contributed by atoms with Gasteiger partial charge in [0.1, 0.15) is 32.8 Å². The molecule has 1 aromatic carbocycles. The summed E-state index contributed by atoms with van der Waals surface area (Å²) < 4.78 is 8.07. The molecule has 1 saturated heterocycles. The molecular weight excluding hydrogens is 476 g/mol. The highest BCUT2D eigenvalue weighted by Crippen LogP contribution is 2.47.